The standard InChI is InChI=1S/C8H7F3O3S/c9-8(10,11)2-3-14-5-1-4-15-6(5)7(12)13/h1,4H,2-3H2,(H,12,13). The largest absolute Gasteiger partial charge is 0.491 e. The molecule has 15 heavy (non-hydrogen) atoms. The third kappa shape index (κ3) is 3.78. The summed E-state index contributed by atoms with van der Waals surface area (Å²) in [5.41, 5.74) is 0. The maximum atomic E-state index is 11.7. The number of rotatable bonds is 4. The lowest BCUT2D eigenvalue weighted by molar-refractivity contribution is -0.139. The molecule has 3 nitrogen and oxygen atoms in total. The molecule has 0 spiro atoms. The Hall–Kier alpha value is -1.24. The van der Waals surface area contributed by atoms with Crippen molar-refractivity contribution in [1.29, 1.82) is 0 Å². The van der Waals surface area contributed by atoms with Crippen molar-refractivity contribution in [3.63, 3.8) is 0 Å². The Morgan fingerprint density at radius 3 is 2.73 bits per heavy atom. The average Bonchev–Trinajstić information content (AvgIpc) is 2.49. The third-order valence-corrected chi connectivity index (χ3v) is 2.35. The van der Waals surface area contributed by atoms with Gasteiger partial charge in [-0.3, -0.25) is 0 Å². The van der Waals surface area contributed by atoms with E-state index in [2.05, 4.69) is 0 Å². The summed E-state index contributed by atoms with van der Waals surface area (Å²) >= 11 is 0.910. The monoisotopic (exact) mass is 240 g/mol. The van der Waals surface area contributed by atoms with Gasteiger partial charge in [-0.1, -0.05) is 0 Å². The molecule has 0 unspecified atom stereocenters. The molecular formula is C8H7F3O3S. The van der Waals surface area contributed by atoms with Gasteiger partial charge in [0.1, 0.15) is 5.75 Å². The normalized spacial score (nSPS) is 11.4. The Morgan fingerprint density at radius 1 is 1.53 bits per heavy atom. The van der Waals surface area contributed by atoms with Crippen molar-refractivity contribution in [3.8, 4) is 5.75 Å². The summed E-state index contributed by atoms with van der Waals surface area (Å²) < 4.78 is 40.0. The zero-order valence-electron chi connectivity index (χ0n) is 7.37. The maximum absolute atomic E-state index is 11.7. The van der Waals surface area contributed by atoms with E-state index in [9.17, 15) is 18.0 Å². The number of alkyl halides is 3. The van der Waals surface area contributed by atoms with Crippen molar-refractivity contribution >= 4 is 17.3 Å². The molecule has 0 bridgehead atoms. The highest BCUT2D eigenvalue weighted by atomic mass is 32.1. The maximum Gasteiger partial charge on any atom is 0.392 e. The first-order valence-electron chi connectivity index (χ1n) is 3.90. The van der Waals surface area contributed by atoms with Gasteiger partial charge in [-0.2, -0.15) is 13.2 Å². The fraction of sp³-hybridized carbons (Fsp3) is 0.375. The summed E-state index contributed by atoms with van der Waals surface area (Å²) in [4.78, 5) is 10.5. The van der Waals surface area contributed by atoms with Crippen LogP contribution in [0.2, 0.25) is 0 Å². The molecule has 0 saturated heterocycles. The lowest BCUT2D eigenvalue weighted by Gasteiger charge is -2.07. The Labute approximate surface area is 87.1 Å². The van der Waals surface area contributed by atoms with Crippen LogP contribution in [0.25, 0.3) is 0 Å². The van der Waals surface area contributed by atoms with Crippen LogP contribution in [-0.2, 0) is 0 Å². The summed E-state index contributed by atoms with van der Waals surface area (Å²) in [5.74, 6) is -1.22. The second kappa shape index (κ2) is 4.52. The summed E-state index contributed by atoms with van der Waals surface area (Å²) in [5, 5.41) is 10.1. The van der Waals surface area contributed by atoms with Crippen LogP contribution in [0.5, 0.6) is 5.75 Å². The smallest absolute Gasteiger partial charge is 0.392 e. The molecule has 0 fully saturated rings. The average molecular weight is 240 g/mol. The van der Waals surface area contributed by atoms with Crippen LogP contribution in [-0.4, -0.2) is 23.9 Å². The van der Waals surface area contributed by atoms with E-state index in [-0.39, 0.29) is 10.6 Å². The molecule has 0 aliphatic heterocycles. The van der Waals surface area contributed by atoms with Crippen molar-refractivity contribution in [3.05, 3.63) is 16.3 Å². The molecule has 0 atom stereocenters. The van der Waals surface area contributed by atoms with Gasteiger partial charge in [-0.15, -0.1) is 11.3 Å². The molecule has 1 aromatic heterocycles. The van der Waals surface area contributed by atoms with Crippen molar-refractivity contribution in [2.75, 3.05) is 6.61 Å². The van der Waals surface area contributed by atoms with E-state index in [0.29, 0.717) is 0 Å². The van der Waals surface area contributed by atoms with Crippen LogP contribution < -0.4 is 4.74 Å². The molecule has 1 aromatic rings. The van der Waals surface area contributed by atoms with E-state index in [4.69, 9.17) is 9.84 Å². The molecule has 0 aliphatic rings. The van der Waals surface area contributed by atoms with Crippen molar-refractivity contribution in [1.82, 2.24) is 0 Å². The van der Waals surface area contributed by atoms with Gasteiger partial charge in [-0.25, -0.2) is 4.79 Å². The number of carboxylic acid groups (broad SMARTS) is 1. The minimum absolute atomic E-state index is 0.0169. The van der Waals surface area contributed by atoms with Gasteiger partial charge in [0.25, 0.3) is 0 Å². The summed E-state index contributed by atoms with van der Waals surface area (Å²) in [6.07, 6.45) is -5.39. The number of hydrogen-bond acceptors (Lipinski definition) is 3. The topological polar surface area (TPSA) is 46.5 Å². The molecule has 7 heteroatoms. The van der Waals surface area contributed by atoms with E-state index in [1.807, 2.05) is 0 Å². The molecule has 0 aromatic carbocycles. The van der Waals surface area contributed by atoms with Crippen LogP contribution in [0.15, 0.2) is 11.4 Å². The number of halogens is 3. The minimum atomic E-state index is -4.29. The van der Waals surface area contributed by atoms with Gasteiger partial charge in [-0.05, 0) is 11.4 Å². The Bertz CT molecular complexity index is 345. The molecule has 0 radical (unpaired) electrons. The molecule has 1 N–H and O–H groups in total. The van der Waals surface area contributed by atoms with Crippen molar-refractivity contribution in [2.24, 2.45) is 0 Å². The number of thiophene rings is 1. The second-order valence-corrected chi connectivity index (χ2v) is 3.55. The highest BCUT2D eigenvalue weighted by Gasteiger charge is 2.27. The number of carboxylic acids is 1. The highest BCUT2D eigenvalue weighted by Crippen LogP contribution is 2.26. The molecule has 1 heterocycles. The van der Waals surface area contributed by atoms with Crippen LogP contribution >= 0.6 is 11.3 Å². The van der Waals surface area contributed by atoms with Gasteiger partial charge < -0.3 is 9.84 Å². The second-order valence-electron chi connectivity index (χ2n) is 2.63. The van der Waals surface area contributed by atoms with E-state index < -0.39 is 25.2 Å². The molecule has 0 amide bonds. The predicted molar refractivity (Wildman–Crippen MR) is 47.4 cm³/mol. The highest BCUT2D eigenvalue weighted by molar-refractivity contribution is 7.12. The zero-order chi connectivity index (χ0) is 11.5. The van der Waals surface area contributed by atoms with Gasteiger partial charge in [0.2, 0.25) is 0 Å². The van der Waals surface area contributed by atoms with Crippen LogP contribution in [0, 0.1) is 0 Å². The first-order valence-corrected chi connectivity index (χ1v) is 4.78. The van der Waals surface area contributed by atoms with Gasteiger partial charge in [0.05, 0.1) is 13.0 Å². The van der Waals surface area contributed by atoms with Gasteiger partial charge in [0, 0.05) is 0 Å². The molecule has 84 valence electrons. The van der Waals surface area contributed by atoms with Crippen LogP contribution in [0.3, 0.4) is 0 Å². The third-order valence-electron chi connectivity index (χ3n) is 1.47. The molecule has 0 saturated carbocycles. The summed E-state index contributed by atoms with van der Waals surface area (Å²) in [7, 11) is 0. The Kier molecular flexibility index (Phi) is 3.57. The van der Waals surface area contributed by atoms with Crippen molar-refractivity contribution in [2.45, 2.75) is 12.6 Å². The quantitative estimate of drug-likeness (QED) is 0.880. The fourth-order valence-electron chi connectivity index (χ4n) is 0.844. The van der Waals surface area contributed by atoms with E-state index in [1.165, 1.54) is 11.4 Å². The molecule has 1 rings (SSSR count). The van der Waals surface area contributed by atoms with Crippen molar-refractivity contribution < 1.29 is 27.8 Å². The summed E-state index contributed by atoms with van der Waals surface area (Å²) in [6.45, 7) is -0.569. The fourth-order valence-corrected chi connectivity index (χ4v) is 1.52. The number of aromatic carboxylic acids is 1. The summed E-state index contributed by atoms with van der Waals surface area (Å²) in [6, 6.07) is 1.34. The van der Waals surface area contributed by atoms with Crippen LogP contribution in [0.4, 0.5) is 13.2 Å². The first kappa shape index (κ1) is 11.8. The first-order chi connectivity index (χ1) is 6.90. The number of hydrogen-bond donors (Lipinski definition) is 1. The SMILES string of the molecule is O=C(O)c1sccc1OCCC(F)(F)F. The van der Waals surface area contributed by atoms with E-state index >= 15 is 0 Å². The molecule has 0 aliphatic carbocycles. The lowest BCUT2D eigenvalue weighted by Crippen LogP contribution is -2.13. The Balaban J connectivity index is 2.51. The zero-order valence-corrected chi connectivity index (χ0v) is 8.19. The predicted octanol–water partition coefficient (Wildman–Crippen LogP) is 2.78. The van der Waals surface area contributed by atoms with Crippen LogP contribution in [0.1, 0.15) is 16.1 Å². The number of ether oxygens (including phenoxy) is 1. The lowest BCUT2D eigenvalue weighted by atomic mass is 10.4. The van der Waals surface area contributed by atoms with Gasteiger partial charge >= 0.3 is 12.1 Å². The van der Waals surface area contributed by atoms with Gasteiger partial charge in [0.15, 0.2) is 4.88 Å². The Morgan fingerprint density at radius 2 is 2.20 bits per heavy atom. The van der Waals surface area contributed by atoms with E-state index in [1.54, 1.807) is 0 Å². The molecular weight excluding hydrogens is 233 g/mol. The minimum Gasteiger partial charge on any atom is -0.491 e. The number of carbonyl (C=O) groups is 1. The van der Waals surface area contributed by atoms with E-state index in [0.717, 1.165) is 11.3 Å².